The first-order valence-corrected chi connectivity index (χ1v) is 16.3. The van der Waals surface area contributed by atoms with E-state index in [9.17, 15) is 14.4 Å². The molecule has 0 bridgehead atoms. The number of halogens is 1. The number of hydrogen-bond acceptors (Lipinski definition) is 8. The molecule has 0 spiro atoms. The van der Waals surface area contributed by atoms with Gasteiger partial charge in [0.1, 0.15) is 0 Å². The van der Waals surface area contributed by atoms with Gasteiger partial charge in [0, 0.05) is 12.5 Å². The van der Waals surface area contributed by atoms with Gasteiger partial charge in [-0.05, 0) is 70.6 Å². The van der Waals surface area contributed by atoms with Gasteiger partial charge in [-0.25, -0.2) is 9.79 Å². The van der Waals surface area contributed by atoms with Gasteiger partial charge in [0.25, 0.3) is 5.56 Å². The SMILES string of the molecule is CCOC(=O)C1=C(c2ccccc2)N=c2s/c(=C\c3cc(Br)c(OC(C)=O)c(OCC)c3)c(=O)n2[C@@H]1c1ccc(C(C)C)cc1. The molecule has 1 aliphatic rings. The molecule has 0 unspecified atom stereocenters. The van der Waals surface area contributed by atoms with Crippen molar-refractivity contribution in [2.75, 3.05) is 13.2 Å². The molecular formula is C35H33BrN2O6S. The quantitative estimate of drug-likeness (QED) is 0.155. The Bertz CT molecular complexity index is 1960. The molecule has 0 radical (unpaired) electrons. The summed E-state index contributed by atoms with van der Waals surface area (Å²) in [6.07, 6.45) is 1.74. The van der Waals surface area contributed by atoms with Crippen molar-refractivity contribution in [3.63, 3.8) is 0 Å². The fourth-order valence-electron chi connectivity index (χ4n) is 5.15. The van der Waals surface area contributed by atoms with Crippen LogP contribution in [0.5, 0.6) is 11.5 Å². The molecule has 45 heavy (non-hydrogen) atoms. The van der Waals surface area contributed by atoms with Gasteiger partial charge in [-0.2, -0.15) is 0 Å². The number of carbonyl (C=O) groups excluding carboxylic acids is 2. The maximum atomic E-state index is 14.2. The van der Waals surface area contributed by atoms with Gasteiger partial charge >= 0.3 is 11.9 Å². The van der Waals surface area contributed by atoms with Crippen molar-refractivity contribution in [1.29, 1.82) is 0 Å². The van der Waals surface area contributed by atoms with E-state index in [0.29, 0.717) is 48.9 Å². The predicted octanol–water partition coefficient (Wildman–Crippen LogP) is 6.15. The van der Waals surface area contributed by atoms with Crippen LogP contribution >= 0.6 is 27.3 Å². The van der Waals surface area contributed by atoms with E-state index < -0.39 is 18.0 Å². The van der Waals surface area contributed by atoms with Crippen molar-refractivity contribution in [1.82, 2.24) is 4.57 Å². The molecule has 1 aliphatic heterocycles. The summed E-state index contributed by atoms with van der Waals surface area (Å²) in [5, 5.41) is 0. The van der Waals surface area contributed by atoms with Crippen molar-refractivity contribution in [3.8, 4) is 11.5 Å². The van der Waals surface area contributed by atoms with Crippen molar-refractivity contribution in [3.05, 3.63) is 119 Å². The first kappa shape index (κ1) is 32.1. The Labute approximate surface area is 273 Å². The van der Waals surface area contributed by atoms with E-state index in [1.807, 2.05) is 61.5 Å². The normalized spacial score (nSPS) is 14.6. The van der Waals surface area contributed by atoms with Crippen LogP contribution in [0.15, 0.2) is 86.6 Å². The first-order chi connectivity index (χ1) is 21.6. The Morgan fingerprint density at radius 1 is 1.04 bits per heavy atom. The lowest BCUT2D eigenvalue weighted by molar-refractivity contribution is -0.139. The maximum Gasteiger partial charge on any atom is 0.338 e. The molecule has 0 aliphatic carbocycles. The summed E-state index contributed by atoms with van der Waals surface area (Å²) >= 11 is 4.71. The number of thiazole rings is 1. The van der Waals surface area contributed by atoms with E-state index >= 15 is 0 Å². The van der Waals surface area contributed by atoms with Gasteiger partial charge in [0.15, 0.2) is 16.3 Å². The molecule has 0 N–H and O–H groups in total. The van der Waals surface area contributed by atoms with E-state index in [-0.39, 0.29) is 17.9 Å². The van der Waals surface area contributed by atoms with Crippen molar-refractivity contribution >= 4 is 51.0 Å². The highest BCUT2D eigenvalue weighted by Crippen LogP contribution is 2.38. The molecule has 1 atom stereocenters. The van der Waals surface area contributed by atoms with Crippen LogP contribution in [-0.2, 0) is 14.3 Å². The van der Waals surface area contributed by atoms with Gasteiger partial charge in [-0.1, -0.05) is 79.8 Å². The minimum atomic E-state index is -0.768. The average Bonchev–Trinajstić information content (AvgIpc) is 3.32. The summed E-state index contributed by atoms with van der Waals surface area (Å²) in [5.41, 5.74) is 3.77. The summed E-state index contributed by atoms with van der Waals surface area (Å²) in [4.78, 5) is 45.0. The largest absolute Gasteiger partial charge is 0.490 e. The second-order valence-electron chi connectivity index (χ2n) is 10.6. The van der Waals surface area contributed by atoms with E-state index in [2.05, 4.69) is 29.8 Å². The summed E-state index contributed by atoms with van der Waals surface area (Å²) in [6, 6.07) is 20.1. The second kappa shape index (κ2) is 13.8. The highest BCUT2D eigenvalue weighted by Gasteiger charge is 2.35. The third-order valence-corrected chi connectivity index (χ3v) is 8.74. The molecule has 232 valence electrons. The third kappa shape index (κ3) is 6.72. The topological polar surface area (TPSA) is 96.2 Å². The van der Waals surface area contributed by atoms with Crippen LogP contribution < -0.4 is 24.4 Å². The Hall–Kier alpha value is -4.28. The van der Waals surface area contributed by atoms with Crippen LogP contribution in [0.3, 0.4) is 0 Å². The minimum absolute atomic E-state index is 0.175. The standard InChI is InChI=1S/C35H33BrN2O6S/c1-6-42-27-18-22(17-26(36)32(27)44-21(5)39)19-28-33(40)38-31(25-15-13-23(14-16-25)20(3)4)29(34(41)43-7-2)30(37-35(38)45-28)24-11-9-8-10-12-24/h8-20,31H,6-7H2,1-5H3/b28-19-/t31-/m1/s1. The van der Waals surface area contributed by atoms with Crippen molar-refractivity contribution < 1.29 is 23.8 Å². The maximum absolute atomic E-state index is 14.2. The molecular weight excluding hydrogens is 656 g/mol. The molecule has 0 amide bonds. The third-order valence-electron chi connectivity index (χ3n) is 7.17. The molecule has 1 aromatic heterocycles. The predicted molar refractivity (Wildman–Crippen MR) is 178 cm³/mol. The van der Waals surface area contributed by atoms with Crippen LogP contribution in [0.25, 0.3) is 11.8 Å². The fraction of sp³-hybridized carbons (Fsp3) is 0.257. The highest BCUT2D eigenvalue weighted by atomic mass is 79.9. The first-order valence-electron chi connectivity index (χ1n) is 14.7. The van der Waals surface area contributed by atoms with Gasteiger partial charge in [0.05, 0.1) is 39.5 Å². The number of carbonyl (C=O) groups is 2. The molecule has 0 fully saturated rings. The van der Waals surface area contributed by atoms with Gasteiger partial charge in [-0.15, -0.1) is 0 Å². The zero-order valence-corrected chi connectivity index (χ0v) is 28.0. The molecule has 5 rings (SSSR count). The van der Waals surface area contributed by atoms with E-state index in [1.165, 1.54) is 18.3 Å². The number of aromatic nitrogens is 1. The Morgan fingerprint density at radius 3 is 2.38 bits per heavy atom. The molecule has 10 heteroatoms. The number of esters is 2. The smallest absolute Gasteiger partial charge is 0.338 e. The lowest BCUT2D eigenvalue weighted by Gasteiger charge is -2.26. The van der Waals surface area contributed by atoms with Crippen LogP contribution in [0.2, 0.25) is 0 Å². The second-order valence-corrected chi connectivity index (χ2v) is 12.5. The number of hydrogen-bond donors (Lipinski definition) is 0. The van der Waals surface area contributed by atoms with Crippen molar-refractivity contribution in [2.24, 2.45) is 4.99 Å². The summed E-state index contributed by atoms with van der Waals surface area (Å²) < 4.78 is 19.2. The number of fused-ring (bicyclic) bond motifs is 1. The van der Waals surface area contributed by atoms with Gasteiger partial charge in [0.2, 0.25) is 0 Å². The van der Waals surface area contributed by atoms with E-state index in [1.54, 1.807) is 29.7 Å². The van der Waals surface area contributed by atoms with E-state index in [0.717, 1.165) is 16.7 Å². The average molecular weight is 690 g/mol. The Balaban J connectivity index is 1.77. The van der Waals surface area contributed by atoms with Crippen LogP contribution in [-0.4, -0.2) is 29.7 Å². The van der Waals surface area contributed by atoms with Gasteiger partial charge < -0.3 is 14.2 Å². The monoisotopic (exact) mass is 688 g/mol. The van der Waals surface area contributed by atoms with Crippen LogP contribution in [0.4, 0.5) is 0 Å². The van der Waals surface area contributed by atoms with Gasteiger partial charge in [-0.3, -0.25) is 14.2 Å². The Kier molecular flexibility index (Phi) is 9.84. The molecule has 0 saturated heterocycles. The van der Waals surface area contributed by atoms with Crippen molar-refractivity contribution in [2.45, 2.75) is 46.6 Å². The lowest BCUT2D eigenvalue weighted by Crippen LogP contribution is -2.40. The number of rotatable bonds is 9. The fourth-order valence-corrected chi connectivity index (χ4v) is 6.69. The lowest BCUT2D eigenvalue weighted by atomic mass is 9.91. The minimum Gasteiger partial charge on any atom is -0.490 e. The zero-order chi connectivity index (χ0) is 32.2. The van der Waals surface area contributed by atoms with Crippen LogP contribution in [0.1, 0.15) is 68.8 Å². The Morgan fingerprint density at radius 2 is 1.76 bits per heavy atom. The molecule has 3 aromatic carbocycles. The number of nitrogens with zero attached hydrogens (tertiary/aromatic N) is 2. The van der Waals surface area contributed by atoms with E-state index in [4.69, 9.17) is 19.2 Å². The molecule has 4 aromatic rings. The summed E-state index contributed by atoms with van der Waals surface area (Å²) in [7, 11) is 0. The summed E-state index contributed by atoms with van der Waals surface area (Å²) in [6.45, 7) is 9.65. The molecule has 0 saturated carbocycles. The summed E-state index contributed by atoms with van der Waals surface area (Å²) in [5.74, 6) is -0.0712. The molecule has 2 heterocycles. The number of ether oxygens (including phenoxy) is 3. The highest BCUT2D eigenvalue weighted by molar-refractivity contribution is 9.10. The van der Waals surface area contributed by atoms with Crippen LogP contribution in [0, 0.1) is 0 Å². The zero-order valence-electron chi connectivity index (χ0n) is 25.6. The number of benzene rings is 3. The molecule has 8 nitrogen and oxygen atoms in total.